The van der Waals surface area contributed by atoms with Crippen LogP contribution in [0.5, 0.6) is 5.75 Å². The van der Waals surface area contributed by atoms with Gasteiger partial charge in [-0.05, 0) is 38.9 Å². The molecule has 1 unspecified atom stereocenters. The van der Waals surface area contributed by atoms with E-state index in [2.05, 4.69) is 56.1 Å². The Balaban J connectivity index is 3.15. The third-order valence-electron chi connectivity index (χ3n) is 3.71. The van der Waals surface area contributed by atoms with Crippen LogP contribution in [0.3, 0.4) is 0 Å². The van der Waals surface area contributed by atoms with Gasteiger partial charge in [0.1, 0.15) is 5.75 Å². The van der Waals surface area contributed by atoms with Crippen LogP contribution < -0.4 is 15.0 Å². The highest BCUT2D eigenvalue weighted by atomic mass is 16.5. The second-order valence-electron chi connectivity index (χ2n) is 5.11. The van der Waals surface area contributed by atoms with Crippen molar-refractivity contribution in [2.45, 2.75) is 46.6 Å². The number of ether oxygens (including phenoxy) is 1. The first-order chi connectivity index (χ1) is 9.69. The number of hydrogen-bond acceptors (Lipinski definition) is 3. The lowest BCUT2D eigenvalue weighted by molar-refractivity contribution is 0.402. The number of hydrogen-bond donors (Lipinski definition) is 1. The van der Waals surface area contributed by atoms with Crippen LogP contribution in [0.1, 0.15) is 52.1 Å². The molecule has 1 aromatic carbocycles. The lowest BCUT2D eigenvalue weighted by atomic mass is 10.0. The summed E-state index contributed by atoms with van der Waals surface area (Å²) >= 11 is 0. The number of unbranched alkanes of at least 4 members (excludes halogenated alkanes) is 1. The van der Waals surface area contributed by atoms with Crippen molar-refractivity contribution in [2.75, 3.05) is 31.6 Å². The number of methoxy groups -OCH3 is 1. The topological polar surface area (TPSA) is 24.5 Å². The Morgan fingerprint density at radius 1 is 1.25 bits per heavy atom. The lowest BCUT2D eigenvalue weighted by Crippen LogP contribution is -2.28. The highest BCUT2D eigenvalue weighted by Gasteiger charge is 2.18. The SMILES string of the molecule is CCCCN(CC)c1cccc(OC)c1C(C)NCC. The number of anilines is 1. The first-order valence-electron chi connectivity index (χ1n) is 7.84. The number of rotatable bonds is 9. The molecule has 1 atom stereocenters. The first-order valence-corrected chi connectivity index (χ1v) is 7.84. The summed E-state index contributed by atoms with van der Waals surface area (Å²) in [6, 6.07) is 6.65. The Bertz CT molecular complexity index is 393. The third kappa shape index (κ3) is 4.14. The molecular weight excluding hydrogens is 248 g/mol. The number of nitrogens with one attached hydrogen (secondary N) is 1. The molecule has 114 valence electrons. The van der Waals surface area contributed by atoms with Crippen molar-refractivity contribution in [2.24, 2.45) is 0 Å². The van der Waals surface area contributed by atoms with Crippen LogP contribution in [0.2, 0.25) is 0 Å². The smallest absolute Gasteiger partial charge is 0.125 e. The molecule has 0 saturated heterocycles. The number of nitrogens with zero attached hydrogens (tertiary/aromatic N) is 1. The summed E-state index contributed by atoms with van der Waals surface area (Å²) in [6.07, 6.45) is 2.44. The Morgan fingerprint density at radius 3 is 2.55 bits per heavy atom. The van der Waals surface area contributed by atoms with E-state index < -0.39 is 0 Å². The van der Waals surface area contributed by atoms with E-state index in [1.54, 1.807) is 7.11 Å². The molecule has 0 amide bonds. The van der Waals surface area contributed by atoms with Crippen molar-refractivity contribution in [3.8, 4) is 5.75 Å². The van der Waals surface area contributed by atoms with Crippen molar-refractivity contribution >= 4 is 5.69 Å². The van der Waals surface area contributed by atoms with Crippen molar-refractivity contribution in [3.05, 3.63) is 23.8 Å². The molecule has 20 heavy (non-hydrogen) atoms. The average Bonchev–Trinajstić information content (AvgIpc) is 2.47. The highest BCUT2D eigenvalue weighted by Crippen LogP contribution is 2.34. The minimum absolute atomic E-state index is 0.293. The maximum absolute atomic E-state index is 5.59. The van der Waals surface area contributed by atoms with Gasteiger partial charge in [0.15, 0.2) is 0 Å². The molecule has 0 aliphatic heterocycles. The van der Waals surface area contributed by atoms with Crippen LogP contribution >= 0.6 is 0 Å². The molecule has 3 heteroatoms. The maximum atomic E-state index is 5.59. The van der Waals surface area contributed by atoms with Gasteiger partial charge in [-0.2, -0.15) is 0 Å². The van der Waals surface area contributed by atoms with E-state index in [1.165, 1.54) is 24.1 Å². The predicted octanol–water partition coefficient (Wildman–Crippen LogP) is 3.99. The van der Waals surface area contributed by atoms with Crippen LogP contribution in [-0.4, -0.2) is 26.7 Å². The molecule has 0 saturated carbocycles. The molecule has 0 spiro atoms. The number of benzene rings is 1. The van der Waals surface area contributed by atoms with E-state index in [1.807, 2.05) is 0 Å². The monoisotopic (exact) mass is 278 g/mol. The van der Waals surface area contributed by atoms with Crippen LogP contribution in [0.4, 0.5) is 5.69 Å². The van der Waals surface area contributed by atoms with Crippen LogP contribution in [0.25, 0.3) is 0 Å². The second kappa shape index (κ2) is 8.85. The predicted molar refractivity (Wildman–Crippen MR) is 87.9 cm³/mol. The van der Waals surface area contributed by atoms with E-state index in [-0.39, 0.29) is 0 Å². The Morgan fingerprint density at radius 2 is 2.00 bits per heavy atom. The zero-order valence-corrected chi connectivity index (χ0v) is 13.7. The lowest BCUT2D eigenvalue weighted by Gasteiger charge is -2.29. The molecular formula is C17H30N2O. The van der Waals surface area contributed by atoms with Crippen LogP contribution in [0.15, 0.2) is 18.2 Å². The van der Waals surface area contributed by atoms with E-state index in [0.29, 0.717) is 6.04 Å². The molecule has 1 rings (SSSR count). The fourth-order valence-corrected chi connectivity index (χ4v) is 2.63. The summed E-state index contributed by atoms with van der Waals surface area (Å²) in [5.41, 5.74) is 2.57. The van der Waals surface area contributed by atoms with Gasteiger partial charge in [0.05, 0.1) is 7.11 Å². The summed E-state index contributed by atoms with van der Waals surface area (Å²) in [5.74, 6) is 0.978. The molecule has 1 aromatic rings. The largest absolute Gasteiger partial charge is 0.496 e. The highest BCUT2D eigenvalue weighted by molar-refractivity contribution is 5.60. The molecule has 0 fully saturated rings. The molecule has 3 nitrogen and oxygen atoms in total. The summed E-state index contributed by atoms with van der Waals surface area (Å²) in [5, 5.41) is 3.51. The molecule has 0 heterocycles. The zero-order chi connectivity index (χ0) is 15.0. The Labute approximate surface area is 124 Å². The quantitative estimate of drug-likeness (QED) is 0.739. The molecule has 0 aliphatic carbocycles. The van der Waals surface area contributed by atoms with Gasteiger partial charge in [0.2, 0.25) is 0 Å². The van der Waals surface area contributed by atoms with Gasteiger partial charge >= 0.3 is 0 Å². The van der Waals surface area contributed by atoms with Gasteiger partial charge in [0.25, 0.3) is 0 Å². The molecule has 0 radical (unpaired) electrons. The maximum Gasteiger partial charge on any atom is 0.125 e. The van der Waals surface area contributed by atoms with Gasteiger partial charge in [-0.1, -0.05) is 26.3 Å². The van der Waals surface area contributed by atoms with Crippen molar-refractivity contribution in [1.82, 2.24) is 5.32 Å². The second-order valence-corrected chi connectivity index (χ2v) is 5.11. The van der Waals surface area contributed by atoms with Gasteiger partial charge in [0, 0.05) is 30.4 Å². The minimum Gasteiger partial charge on any atom is -0.496 e. The fourth-order valence-electron chi connectivity index (χ4n) is 2.63. The summed E-state index contributed by atoms with van der Waals surface area (Å²) in [6.45, 7) is 11.9. The third-order valence-corrected chi connectivity index (χ3v) is 3.71. The van der Waals surface area contributed by atoms with Gasteiger partial charge in [-0.3, -0.25) is 0 Å². The van der Waals surface area contributed by atoms with Gasteiger partial charge in [-0.15, -0.1) is 0 Å². The van der Waals surface area contributed by atoms with Crippen LogP contribution in [-0.2, 0) is 0 Å². The van der Waals surface area contributed by atoms with Gasteiger partial charge in [-0.25, -0.2) is 0 Å². The summed E-state index contributed by atoms with van der Waals surface area (Å²) in [7, 11) is 1.75. The molecule has 0 aliphatic rings. The van der Waals surface area contributed by atoms with E-state index >= 15 is 0 Å². The van der Waals surface area contributed by atoms with Crippen LogP contribution in [0, 0.1) is 0 Å². The summed E-state index contributed by atoms with van der Waals surface area (Å²) < 4.78 is 5.59. The fraction of sp³-hybridized carbons (Fsp3) is 0.647. The van der Waals surface area contributed by atoms with Gasteiger partial charge < -0.3 is 15.0 Å². The zero-order valence-electron chi connectivity index (χ0n) is 13.7. The van der Waals surface area contributed by atoms with Crippen molar-refractivity contribution in [1.29, 1.82) is 0 Å². The van der Waals surface area contributed by atoms with Crippen molar-refractivity contribution < 1.29 is 4.74 Å². The molecule has 0 bridgehead atoms. The Kier molecular flexibility index (Phi) is 7.45. The summed E-state index contributed by atoms with van der Waals surface area (Å²) in [4.78, 5) is 2.45. The van der Waals surface area contributed by atoms with E-state index in [4.69, 9.17) is 4.74 Å². The Hall–Kier alpha value is -1.22. The minimum atomic E-state index is 0.293. The molecule has 0 aromatic heterocycles. The van der Waals surface area contributed by atoms with E-state index in [9.17, 15) is 0 Å². The van der Waals surface area contributed by atoms with E-state index in [0.717, 1.165) is 25.4 Å². The normalized spacial score (nSPS) is 12.2. The molecule has 1 N–H and O–H groups in total. The first kappa shape index (κ1) is 16.8. The average molecular weight is 278 g/mol. The standard InChI is InChI=1S/C17H30N2O/c1-6-9-13-19(8-3)15-11-10-12-16(20-5)17(15)14(4)18-7-2/h10-12,14,18H,6-9,13H2,1-5H3. The van der Waals surface area contributed by atoms with Crippen molar-refractivity contribution in [3.63, 3.8) is 0 Å².